The van der Waals surface area contributed by atoms with E-state index in [-0.39, 0.29) is 17.5 Å². The molecule has 2 rings (SSSR count). The summed E-state index contributed by atoms with van der Waals surface area (Å²) in [6.07, 6.45) is 0. The molecule has 1 aromatic carbocycles. The number of piperazine rings is 1. The molecule has 1 aromatic rings. The summed E-state index contributed by atoms with van der Waals surface area (Å²) in [6.45, 7) is 4.79. The predicted molar refractivity (Wildman–Crippen MR) is 68.0 cm³/mol. The van der Waals surface area contributed by atoms with Gasteiger partial charge in [0.15, 0.2) is 0 Å². The average molecular weight is 248 g/mol. The van der Waals surface area contributed by atoms with Gasteiger partial charge < -0.3 is 15.3 Å². The Morgan fingerprint density at radius 3 is 2.89 bits per heavy atom. The highest BCUT2D eigenvalue weighted by Gasteiger charge is 2.28. The first kappa shape index (κ1) is 12.4. The standard InChI is InChI=1S/C13H16N2O3/c1-8-3-4-11(10(7-8)13(17)18)15-6-5-14-12(16)9(15)2/h3-4,7,9H,5-6H2,1-2H3,(H,14,16)(H,17,18). The zero-order chi connectivity index (χ0) is 13.3. The summed E-state index contributed by atoms with van der Waals surface area (Å²) in [6, 6.07) is 4.92. The number of hydrogen-bond donors (Lipinski definition) is 2. The van der Waals surface area contributed by atoms with Crippen molar-refractivity contribution in [2.75, 3.05) is 18.0 Å². The van der Waals surface area contributed by atoms with Gasteiger partial charge in [-0.05, 0) is 26.0 Å². The summed E-state index contributed by atoms with van der Waals surface area (Å²) in [4.78, 5) is 24.7. The molecule has 2 N–H and O–H groups in total. The van der Waals surface area contributed by atoms with Crippen LogP contribution in [0.15, 0.2) is 18.2 Å². The Balaban J connectivity index is 2.43. The van der Waals surface area contributed by atoms with E-state index < -0.39 is 5.97 Å². The molecule has 5 nitrogen and oxygen atoms in total. The first-order valence-electron chi connectivity index (χ1n) is 5.89. The highest BCUT2D eigenvalue weighted by Crippen LogP contribution is 2.25. The maximum atomic E-state index is 11.6. The number of benzene rings is 1. The van der Waals surface area contributed by atoms with Crippen LogP contribution < -0.4 is 10.2 Å². The van der Waals surface area contributed by atoms with Crippen LogP contribution in [0.25, 0.3) is 0 Å². The molecule has 96 valence electrons. The molecule has 1 aliphatic rings. The van der Waals surface area contributed by atoms with Gasteiger partial charge in [0, 0.05) is 13.1 Å². The molecule has 0 bridgehead atoms. The van der Waals surface area contributed by atoms with Gasteiger partial charge in [-0.15, -0.1) is 0 Å². The van der Waals surface area contributed by atoms with Crippen molar-refractivity contribution < 1.29 is 14.7 Å². The van der Waals surface area contributed by atoms with Gasteiger partial charge in [-0.25, -0.2) is 4.79 Å². The number of anilines is 1. The number of hydrogen-bond acceptors (Lipinski definition) is 3. The van der Waals surface area contributed by atoms with E-state index in [1.54, 1.807) is 19.1 Å². The number of carboxylic acids is 1. The Morgan fingerprint density at radius 1 is 1.50 bits per heavy atom. The Kier molecular flexibility index (Phi) is 3.23. The van der Waals surface area contributed by atoms with Crippen LogP contribution >= 0.6 is 0 Å². The molecule has 1 unspecified atom stereocenters. The van der Waals surface area contributed by atoms with Crippen LogP contribution in [0.1, 0.15) is 22.8 Å². The van der Waals surface area contributed by atoms with E-state index in [0.29, 0.717) is 18.8 Å². The van der Waals surface area contributed by atoms with Crippen molar-refractivity contribution in [2.24, 2.45) is 0 Å². The summed E-state index contributed by atoms with van der Waals surface area (Å²) >= 11 is 0. The maximum Gasteiger partial charge on any atom is 0.337 e. The molecule has 0 aromatic heterocycles. The molecule has 1 saturated heterocycles. The molecule has 0 spiro atoms. The fourth-order valence-corrected chi connectivity index (χ4v) is 2.18. The van der Waals surface area contributed by atoms with Gasteiger partial charge >= 0.3 is 5.97 Å². The maximum absolute atomic E-state index is 11.6. The van der Waals surface area contributed by atoms with Crippen LogP contribution in [-0.4, -0.2) is 36.1 Å². The van der Waals surface area contributed by atoms with Gasteiger partial charge in [-0.3, -0.25) is 4.79 Å². The number of aromatic carboxylic acids is 1. The highest BCUT2D eigenvalue weighted by atomic mass is 16.4. The van der Waals surface area contributed by atoms with Crippen LogP contribution in [-0.2, 0) is 4.79 Å². The first-order chi connectivity index (χ1) is 8.50. The van der Waals surface area contributed by atoms with Crippen molar-refractivity contribution in [3.05, 3.63) is 29.3 Å². The van der Waals surface area contributed by atoms with E-state index in [4.69, 9.17) is 0 Å². The first-order valence-corrected chi connectivity index (χ1v) is 5.89. The van der Waals surface area contributed by atoms with Crippen LogP contribution in [0.5, 0.6) is 0 Å². The van der Waals surface area contributed by atoms with Gasteiger partial charge in [0.25, 0.3) is 0 Å². The van der Waals surface area contributed by atoms with Crippen LogP contribution in [0.2, 0.25) is 0 Å². The van der Waals surface area contributed by atoms with E-state index in [9.17, 15) is 14.7 Å². The SMILES string of the molecule is Cc1ccc(N2CCNC(=O)C2C)c(C(=O)O)c1. The smallest absolute Gasteiger partial charge is 0.337 e. The van der Waals surface area contributed by atoms with E-state index in [2.05, 4.69) is 5.32 Å². The summed E-state index contributed by atoms with van der Waals surface area (Å²) in [5, 5.41) is 12.0. The zero-order valence-electron chi connectivity index (χ0n) is 10.4. The minimum atomic E-state index is -0.966. The molecule has 5 heteroatoms. The lowest BCUT2D eigenvalue weighted by Gasteiger charge is -2.35. The van der Waals surface area contributed by atoms with Crippen molar-refractivity contribution in [1.29, 1.82) is 0 Å². The molecule has 1 atom stereocenters. The van der Waals surface area contributed by atoms with Crippen molar-refractivity contribution >= 4 is 17.6 Å². The summed E-state index contributed by atoms with van der Waals surface area (Å²) in [5.74, 6) is -1.04. The molecule has 0 saturated carbocycles. The van der Waals surface area contributed by atoms with Crippen LogP contribution in [0.3, 0.4) is 0 Å². The highest BCUT2D eigenvalue weighted by molar-refractivity contribution is 5.96. The number of carbonyl (C=O) groups excluding carboxylic acids is 1. The summed E-state index contributed by atoms with van der Waals surface area (Å²) in [5.41, 5.74) is 1.75. The molecule has 1 heterocycles. The zero-order valence-corrected chi connectivity index (χ0v) is 10.4. The second-order valence-electron chi connectivity index (χ2n) is 4.49. The summed E-state index contributed by atoms with van der Waals surface area (Å²) in [7, 11) is 0. The minimum absolute atomic E-state index is 0.0711. The molecule has 1 aliphatic heterocycles. The normalized spacial score (nSPS) is 19.6. The number of aryl methyl sites for hydroxylation is 1. The Morgan fingerprint density at radius 2 is 2.22 bits per heavy atom. The molecular formula is C13H16N2O3. The van der Waals surface area contributed by atoms with E-state index >= 15 is 0 Å². The second-order valence-corrected chi connectivity index (χ2v) is 4.49. The lowest BCUT2D eigenvalue weighted by Crippen LogP contribution is -2.54. The molecule has 1 fully saturated rings. The number of nitrogens with one attached hydrogen (secondary N) is 1. The monoisotopic (exact) mass is 248 g/mol. The quantitative estimate of drug-likeness (QED) is 0.819. The largest absolute Gasteiger partial charge is 0.478 e. The molecule has 18 heavy (non-hydrogen) atoms. The van der Waals surface area contributed by atoms with Gasteiger partial charge in [0.05, 0.1) is 11.3 Å². The third kappa shape index (κ3) is 2.16. The van der Waals surface area contributed by atoms with E-state index in [0.717, 1.165) is 5.56 Å². The van der Waals surface area contributed by atoms with Gasteiger partial charge in [-0.2, -0.15) is 0 Å². The van der Waals surface area contributed by atoms with Gasteiger partial charge in [0.2, 0.25) is 5.91 Å². The van der Waals surface area contributed by atoms with Crippen molar-refractivity contribution in [3.8, 4) is 0 Å². The Hall–Kier alpha value is -2.04. The van der Waals surface area contributed by atoms with Crippen molar-refractivity contribution in [3.63, 3.8) is 0 Å². The van der Waals surface area contributed by atoms with Crippen LogP contribution in [0, 0.1) is 6.92 Å². The van der Waals surface area contributed by atoms with Gasteiger partial charge in [0.1, 0.15) is 6.04 Å². The number of amides is 1. The van der Waals surface area contributed by atoms with Crippen molar-refractivity contribution in [1.82, 2.24) is 5.32 Å². The third-order valence-electron chi connectivity index (χ3n) is 3.19. The number of rotatable bonds is 2. The Labute approximate surface area is 105 Å². The number of nitrogens with zero attached hydrogens (tertiary/aromatic N) is 1. The van der Waals surface area contributed by atoms with Crippen molar-refractivity contribution in [2.45, 2.75) is 19.9 Å². The van der Waals surface area contributed by atoms with Gasteiger partial charge in [-0.1, -0.05) is 11.6 Å². The van der Waals surface area contributed by atoms with E-state index in [1.165, 1.54) is 0 Å². The van der Waals surface area contributed by atoms with Crippen LogP contribution in [0.4, 0.5) is 5.69 Å². The topological polar surface area (TPSA) is 69.6 Å². The molecule has 0 radical (unpaired) electrons. The lowest BCUT2D eigenvalue weighted by atomic mass is 10.1. The number of carbonyl (C=O) groups is 2. The summed E-state index contributed by atoms with van der Waals surface area (Å²) < 4.78 is 0. The van der Waals surface area contributed by atoms with E-state index in [1.807, 2.05) is 17.9 Å². The second kappa shape index (κ2) is 4.68. The molecular weight excluding hydrogens is 232 g/mol. The molecule has 0 aliphatic carbocycles. The lowest BCUT2D eigenvalue weighted by molar-refractivity contribution is -0.122. The Bertz CT molecular complexity index is 499. The minimum Gasteiger partial charge on any atom is -0.478 e. The third-order valence-corrected chi connectivity index (χ3v) is 3.19. The molecule has 1 amide bonds. The fraction of sp³-hybridized carbons (Fsp3) is 0.385. The number of carboxylic acid groups (broad SMARTS) is 1. The fourth-order valence-electron chi connectivity index (χ4n) is 2.18. The average Bonchev–Trinajstić information content (AvgIpc) is 2.33. The predicted octanol–water partition coefficient (Wildman–Crippen LogP) is 1.02.